The van der Waals surface area contributed by atoms with Gasteiger partial charge in [0.05, 0.1) is 12.7 Å². The number of hydrogen-bond donors (Lipinski definition) is 1. The Labute approximate surface area is 151 Å². The summed E-state index contributed by atoms with van der Waals surface area (Å²) in [6, 6.07) is 4.06. The molecule has 2 aromatic rings. The molecule has 0 amide bonds. The molecule has 1 aliphatic carbocycles. The van der Waals surface area contributed by atoms with Gasteiger partial charge in [0.2, 0.25) is 0 Å². The summed E-state index contributed by atoms with van der Waals surface area (Å²) in [6.45, 7) is 6.23. The number of H-pyrrole nitrogens is 1. The molecule has 3 rings (SSSR count). The highest BCUT2D eigenvalue weighted by Crippen LogP contribution is 2.36. The van der Waals surface area contributed by atoms with Crippen molar-refractivity contribution in [3.05, 3.63) is 44.9 Å². The van der Waals surface area contributed by atoms with Crippen molar-refractivity contribution in [3.8, 4) is 0 Å². The van der Waals surface area contributed by atoms with Gasteiger partial charge in [0.1, 0.15) is 12.3 Å². The zero-order valence-electron chi connectivity index (χ0n) is 14.8. The first-order chi connectivity index (χ1) is 12.0. The van der Waals surface area contributed by atoms with Gasteiger partial charge in [-0.2, -0.15) is 0 Å². The van der Waals surface area contributed by atoms with Crippen LogP contribution in [0.4, 0.5) is 0 Å². The minimum Gasteiger partial charge on any atom is -0.459 e. The van der Waals surface area contributed by atoms with E-state index in [4.69, 9.17) is 9.47 Å². The van der Waals surface area contributed by atoms with Gasteiger partial charge in [-0.15, -0.1) is 11.3 Å². The predicted octanol–water partition coefficient (Wildman–Crippen LogP) is 3.88. The molecular formula is C19H23NO4S. The van der Waals surface area contributed by atoms with Gasteiger partial charge in [-0.05, 0) is 44.2 Å². The standard InChI is InChI=1S/C19H23NO4S/c1-11(2)23-6-7-24-19(22)18-12(3)17-14(20-18)9-13(10-15(17)21)16-5-4-8-25-16/h4-5,8,11,13,20H,6-7,9-10H2,1-3H3. The van der Waals surface area contributed by atoms with Crippen molar-refractivity contribution in [2.75, 3.05) is 13.2 Å². The van der Waals surface area contributed by atoms with E-state index in [9.17, 15) is 9.59 Å². The lowest BCUT2D eigenvalue weighted by Crippen LogP contribution is -2.17. The van der Waals surface area contributed by atoms with E-state index in [1.807, 2.05) is 25.3 Å². The van der Waals surface area contributed by atoms with Crippen LogP contribution in [-0.4, -0.2) is 36.1 Å². The van der Waals surface area contributed by atoms with Gasteiger partial charge in [-0.1, -0.05) is 6.07 Å². The molecule has 0 saturated carbocycles. The highest BCUT2D eigenvalue weighted by Gasteiger charge is 2.32. The first kappa shape index (κ1) is 17.9. The molecule has 0 aliphatic heterocycles. The zero-order chi connectivity index (χ0) is 18.0. The minimum absolute atomic E-state index is 0.0931. The van der Waals surface area contributed by atoms with Gasteiger partial charge < -0.3 is 14.5 Å². The van der Waals surface area contributed by atoms with E-state index in [1.54, 1.807) is 18.3 Å². The lowest BCUT2D eigenvalue weighted by molar-refractivity contribution is 0.0172. The Bertz CT molecular complexity index is 761. The molecule has 0 bridgehead atoms. The Hall–Kier alpha value is -1.92. The van der Waals surface area contributed by atoms with Crippen LogP contribution in [0.25, 0.3) is 0 Å². The van der Waals surface area contributed by atoms with Crippen LogP contribution in [0, 0.1) is 6.92 Å². The molecule has 6 heteroatoms. The molecule has 0 spiro atoms. The molecule has 1 N–H and O–H groups in total. The second-order valence-electron chi connectivity index (χ2n) is 6.58. The molecule has 0 saturated heterocycles. The van der Waals surface area contributed by atoms with Gasteiger partial charge in [-0.25, -0.2) is 4.79 Å². The van der Waals surface area contributed by atoms with Gasteiger partial charge >= 0.3 is 5.97 Å². The lowest BCUT2D eigenvalue weighted by Gasteiger charge is -2.20. The molecule has 0 radical (unpaired) electrons. The van der Waals surface area contributed by atoms with Gasteiger partial charge in [0.15, 0.2) is 5.78 Å². The summed E-state index contributed by atoms with van der Waals surface area (Å²) >= 11 is 1.67. The van der Waals surface area contributed by atoms with Crippen molar-refractivity contribution in [2.45, 2.75) is 45.6 Å². The number of esters is 1. The molecule has 1 unspecified atom stereocenters. The third kappa shape index (κ3) is 3.85. The zero-order valence-corrected chi connectivity index (χ0v) is 15.6. The molecule has 25 heavy (non-hydrogen) atoms. The molecule has 1 aliphatic rings. The number of carbonyl (C=O) groups is 2. The Balaban J connectivity index is 1.73. The number of nitrogens with one attached hydrogen (secondary N) is 1. The second kappa shape index (κ2) is 7.54. The smallest absolute Gasteiger partial charge is 0.355 e. The molecule has 0 fully saturated rings. The van der Waals surface area contributed by atoms with E-state index in [1.165, 1.54) is 4.88 Å². The van der Waals surface area contributed by atoms with Crippen molar-refractivity contribution in [1.82, 2.24) is 4.98 Å². The number of carbonyl (C=O) groups excluding carboxylic acids is 2. The van der Waals surface area contributed by atoms with Crippen LogP contribution in [-0.2, 0) is 15.9 Å². The van der Waals surface area contributed by atoms with Crippen LogP contribution >= 0.6 is 11.3 Å². The summed E-state index contributed by atoms with van der Waals surface area (Å²) in [6.07, 6.45) is 1.33. The van der Waals surface area contributed by atoms with Crippen molar-refractivity contribution in [1.29, 1.82) is 0 Å². The van der Waals surface area contributed by atoms with Crippen LogP contribution in [0.3, 0.4) is 0 Å². The Morgan fingerprint density at radius 2 is 2.16 bits per heavy atom. The van der Waals surface area contributed by atoms with E-state index in [0.717, 1.165) is 12.1 Å². The van der Waals surface area contributed by atoms with Gasteiger partial charge in [0, 0.05) is 28.5 Å². The monoisotopic (exact) mass is 361 g/mol. The average molecular weight is 361 g/mol. The number of aromatic nitrogens is 1. The number of Topliss-reactive ketones (excluding diaryl/α,β-unsaturated/α-hetero) is 1. The van der Waals surface area contributed by atoms with E-state index >= 15 is 0 Å². The molecule has 5 nitrogen and oxygen atoms in total. The number of ketones is 1. The molecule has 134 valence electrons. The highest BCUT2D eigenvalue weighted by atomic mass is 32.1. The van der Waals surface area contributed by atoms with E-state index < -0.39 is 5.97 Å². The fourth-order valence-electron chi connectivity index (χ4n) is 3.25. The molecule has 1 atom stereocenters. The third-order valence-electron chi connectivity index (χ3n) is 4.41. The van der Waals surface area contributed by atoms with Gasteiger partial charge in [0.25, 0.3) is 0 Å². The topological polar surface area (TPSA) is 68.4 Å². The maximum atomic E-state index is 12.6. The number of fused-ring (bicyclic) bond motifs is 1. The predicted molar refractivity (Wildman–Crippen MR) is 96.6 cm³/mol. The summed E-state index contributed by atoms with van der Waals surface area (Å²) in [7, 11) is 0. The van der Waals surface area contributed by atoms with Crippen molar-refractivity contribution >= 4 is 23.1 Å². The third-order valence-corrected chi connectivity index (χ3v) is 5.44. The molecular weight excluding hydrogens is 338 g/mol. The second-order valence-corrected chi connectivity index (χ2v) is 7.56. The van der Waals surface area contributed by atoms with Crippen LogP contribution < -0.4 is 0 Å². The SMILES string of the molecule is Cc1c(C(=O)OCCOC(C)C)[nH]c2c1C(=O)CC(c1cccs1)C2. The number of thiophene rings is 1. The Morgan fingerprint density at radius 3 is 2.84 bits per heavy atom. The van der Waals surface area contributed by atoms with Crippen molar-refractivity contribution in [3.63, 3.8) is 0 Å². The van der Waals surface area contributed by atoms with E-state index in [2.05, 4.69) is 11.1 Å². The molecule has 2 aromatic heterocycles. The normalized spacial score (nSPS) is 17.0. The summed E-state index contributed by atoms with van der Waals surface area (Å²) in [5.74, 6) is -0.156. The van der Waals surface area contributed by atoms with Crippen molar-refractivity contribution in [2.24, 2.45) is 0 Å². The van der Waals surface area contributed by atoms with Crippen LogP contribution in [0.15, 0.2) is 17.5 Å². The average Bonchev–Trinajstić information content (AvgIpc) is 3.19. The first-order valence-corrected chi connectivity index (χ1v) is 9.42. The lowest BCUT2D eigenvalue weighted by atomic mass is 9.84. The summed E-state index contributed by atoms with van der Waals surface area (Å²) in [5.41, 5.74) is 2.59. The Morgan fingerprint density at radius 1 is 1.36 bits per heavy atom. The van der Waals surface area contributed by atoms with Crippen molar-refractivity contribution < 1.29 is 19.1 Å². The fraction of sp³-hybridized carbons (Fsp3) is 0.474. The van der Waals surface area contributed by atoms with Crippen LogP contribution in [0.2, 0.25) is 0 Å². The van der Waals surface area contributed by atoms with Crippen LogP contribution in [0.1, 0.15) is 63.2 Å². The summed E-state index contributed by atoms with van der Waals surface area (Å²) < 4.78 is 10.6. The number of aromatic amines is 1. The maximum Gasteiger partial charge on any atom is 0.355 e. The maximum absolute atomic E-state index is 12.6. The number of ether oxygens (including phenoxy) is 2. The van der Waals surface area contributed by atoms with E-state index in [0.29, 0.717) is 29.8 Å². The first-order valence-electron chi connectivity index (χ1n) is 8.54. The molecule has 0 aromatic carbocycles. The summed E-state index contributed by atoms with van der Waals surface area (Å²) in [5, 5.41) is 2.03. The summed E-state index contributed by atoms with van der Waals surface area (Å²) in [4.78, 5) is 29.3. The fourth-order valence-corrected chi connectivity index (χ4v) is 4.08. The molecule has 2 heterocycles. The van der Waals surface area contributed by atoms with E-state index in [-0.39, 0.29) is 24.4 Å². The largest absolute Gasteiger partial charge is 0.459 e. The number of rotatable bonds is 6. The Kier molecular flexibility index (Phi) is 5.39. The van der Waals surface area contributed by atoms with Gasteiger partial charge in [-0.3, -0.25) is 4.79 Å². The van der Waals surface area contributed by atoms with Crippen LogP contribution in [0.5, 0.6) is 0 Å². The minimum atomic E-state index is -0.431. The number of hydrogen-bond acceptors (Lipinski definition) is 5. The highest BCUT2D eigenvalue weighted by molar-refractivity contribution is 7.10. The quantitative estimate of drug-likeness (QED) is 0.626.